The van der Waals surface area contributed by atoms with E-state index in [2.05, 4.69) is 29.8 Å². The fraction of sp³-hybridized carbons (Fsp3) is 0.708. The molecule has 16 heteroatoms. The molecular formula is C48H78N6O9S. The molecule has 64 heavy (non-hydrogen) atoms. The number of carbonyl (C=O) groups excluding carboxylic acids is 4. The summed E-state index contributed by atoms with van der Waals surface area (Å²) in [6, 6.07) is 4.10. The van der Waals surface area contributed by atoms with Crippen LogP contribution in [-0.4, -0.2) is 106 Å². The van der Waals surface area contributed by atoms with E-state index < -0.39 is 48.1 Å². The average Bonchev–Trinajstić information content (AvgIpc) is 3.77. The smallest absolute Gasteiger partial charge is 0.407 e. The van der Waals surface area contributed by atoms with E-state index in [0.29, 0.717) is 30.8 Å². The van der Waals surface area contributed by atoms with Gasteiger partial charge in [-0.3, -0.25) is 28.9 Å². The van der Waals surface area contributed by atoms with Crippen molar-refractivity contribution in [2.75, 3.05) is 26.7 Å². The fourth-order valence-electron chi connectivity index (χ4n) is 7.90. The van der Waals surface area contributed by atoms with Gasteiger partial charge in [0.1, 0.15) is 22.5 Å². The number of piperidine rings is 1. The number of likely N-dealkylation sites (N-methyl/N-ethyl adjacent to an activating group) is 1. The SMILES string of the molecule is CCCCCCNC(=O)O[C@H](C[C@H](C(C)C)N(OCCCCCC)C(=O)[C@@H](NC(=O)[C@H]1CCCCN1C)[C@@H](C)CC)c1nc(C(=O)N[C@@H](Cc2ccc(O)cc2)C[C@H](C)C(=O)O)cs1. The van der Waals surface area contributed by atoms with Gasteiger partial charge < -0.3 is 30.9 Å². The number of hydroxylamine groups is 2. The number of rotatable bonds is 29. The van der Waals surface area contributed by atoms with E-state index >= 15 is 0 Å². The fourth-order valence-corrected chi connectivity index (χ4v) is 8.74. The van der Waals surface area contributed by atoms with Gasteiger partial charge in [0.15, 0.2) is 6.10 Å². The normalized spacial score (nSPS) is 17.1. The number of amides is 4. The minimum absolute atomic E-state index is 0.0701. The maximum absolute atomic E-state index is 15.0. The van der Waals surface area contributed by atoms with E-state index in [4.69, 9.17) is 14.6 Å². The van der Waals surface area contributed by atoms with Gasteiger partial charge in [0.25, 0.3) is 11.8 Å². The van der Waals surface area contributed by atoms with Gasteiger partial charge in [-0.1, -0.05) is 112 Å². The van der Waals surface area contributed by atoms with Crippen molar-refractivity contribution in [3.63, 3.8) is 0 Å². The Morgan fingerprint density at radius 2 is 1.61 bits per heavy atom. The number of carboxylic acids is 1. The molecule has 1 aliphatic rings. The van der Waals surface area contributed by atoms with Crippen LogP contribution in [0.2, 0.25) is 0 Å². The van der Waals surface area contributed by atoms with Gasteiger partial charge in [-0.25, -0.2) is 14.8 Å². The summed E-state index contributed by atoms with van der Waals surface area (Å²) in [5.74, 6) is -3.15. The van der Waals surface area contributed by atoms with Crippen molar-refractivity contribution >= 4 is 41.1 Å². The third kappa shape index (κ3) is 17.9. The Balaban J connectivity index is 2.00. The number of unbranched alkanes of at least 4 members (excludes halogenated alkanes) is 6. The van der Waals surface area contributed by atoms with Gasteiger partial charge in [0.05, 0.1) is 24.6 Å². The standard InChI is InChI=1S/C48H78N6O9S/c1-9-12-14-17-25-49-48(61)63-41(45-51-38(31-64-45)43(56)50-36(28-34(7)47(59)60)29-35-21-23-37(55)24-22-35)30-40(32(4)5)54(62-27-19-15-13-10-2)46(58)42(33(6)11-3)52-44(57)39-20-16-18-26-53(39)8/h21-24,31-34,36,39-42,55H,9-20,25-30H2,1-8H3,(H,49,61)(H,50,56)(H,52,57)(H,59,60)/t33-,34-,36+,39+,40+,41+,42-/m0/s1. The summed E-state index contributed by atoms with van der Waals surface area (Å²) >= 11 is 1.15. The van der Waals surface area contributed by atoms with Crippen LogP contribution in [0.3, 0.4) is 0 Å². The molecule has 2 heterocycles. The number of hydrogen-bond acceptors (Lipinski definition) is 11. The lowest BCUT2D eigenvalue weighted by atomic mass is 9.93. The Hall–Kier alpha value is -4.28. The lowest BCUT2D eigenvalue weighted by molar-refractivity contribution is -0.212. The number of aromatic hydroxyl groups is 1. The van der Waals surface area contributed by atoms with Crippen molar-refractivity contribution in [3.05, 3.63) is 45.9 Å². The largest absolute Gasteiger partial charge is 0.508 e. The third-order valence-electron chi connectivity index (χ3n) is 12.2. The van der Waals surface area contributed by atoms with Gasteiger partial charge in [0, 0.05) is 24.4 Å². The number of likely N-dealkylation sites (tertiary alicyclic amines) is 1. The van der Waals surface area contributed by atoms with Crippen molar-refractivity contribution in [2.24, 2.45) is 17.8 Å². The highest BCUT2D eigenvalue weighted by atomic mass is 32.1. The quantitative estimate of drug-likeness (QED) is 0.0388. The molecule has 1 saturated heterocycles. The molecule has 1 aromatic heterocycles. The zero-order chi connectivity index (χ0) is 47.2. The Morgan fingerprint density at radius 1 is 0.922 bits per heavy atom. The lowest BCUT2D eigenvalue weighted by Gasteiger charge is -2.39. The second-order valence-electron chi connectivity index (χ2n) is 17.9. The summed E-state index contributed by atoms with van der Waals surface area (Å²) in [6.07, 6.45) is 9.72. The van der Waals surface area contributed by atoms with Crippen LogP contribution in [0.25, 0.3) is 0 Å². The van der Waals surface area contributed by atoms with Crippen LogP contribution in [0, 0.1) is 17.8 Å². The first-order valence-corrected chi connectivity index (χ1v) is 24.7. The highest BCUT2D eigenvalue weighted by molar-refractivity contribution is 7.09. The molecule has 1 fully saturated rings. The molecule has 4 amide bonds. The number of alkyl carbamates (subject to hydrolysis) is 1. The molecule has 1 aromatic carbocycles. The first-order valence-electron chi connectivity index (χ1n) is 23.8. The molecule has 5 N–H and O–H groups in total. The highest BCUT2D eigenvalue weighted by Gasteiger charge is 2.40. The zero-order valence-corrected chi connectivity index (χ0v) is 40.6. The van der Waals surface area contributed by atoms with Crippen LogP contribution < -0.4 is 16.0 Å². The van der Waals surface area contributed by atoms with Gasteiger partial charge in [-0.2, -0.15) is 0 Å². The van der Waals surface area contributed by atoms with Crippen molar-refractivity contribution < 1.29 is 43.8 Å². The predicted octanol–water partition coefficient (Wildman–Crippen LogP) is 8.42. The first kappa shape index (κ1) is 54.1. The Morgan fingerprint density at radius 3 is 2.23 bits per heavy atom. The number of nitrogens with zero attached hydrogens (tertiary/aromatic N) is 3. The number of phenols is 1. The highest BCUT2D eigenvalue weighted by Crippen LogP contribution is 2.32. The minimum atomic E-state index is -0.999. The molecule has 3 rings (SSSR count). The molecule has 0 bridgehead atoms. The van der Waals surface area contributed by atoms with Crippen molar-refractivity contribution in [1.82, 2.24) is 30.9 Å². The summed E-state index contributed by atoms with van der Waals surface area (Å²) in [5.41, 5.74) is 0.873. The zero-order valence-electron chi connectivity index (χ0n) is 39.7. The van der Waals surface area contributed by atoms with Crippen molar-refractivity contribution in [2.45, 2.75) is 175 Å². The minimum Gasteiger partial charge on any atom is -0.508 e. The summed E-state index contributed by atoms with van der Waals surface area (Å²) in [6.45, 7) is 15.2. The lowest BCUT2D eigenvalue weighted by Crippen LogP contribution is -2.58. The van der Waals surface area contributed by atoms with Gasteiger partial charge >= 0.3 is 12.1 Å². The second kappa shape index (κ2) is 28.6. The summed E-state index contributed by atoms with van der Waals surface area (Å²) in [4.78, 5) is 81.2. The maximum Gasteiger partial charge on any atom is 0.407 e. The van der Waals surface area contributed by atoms with Crippen LogP contribution in [-0.2, 0) is 30.4 Å². The van der Waals surface area contributed by atoms with Gasteiger partial charge in [-0.15, -0.1) is 11.3 Å². The van der Waals surface area contributed by atoms with Crippen LogP contribution >= 0.6 is 11.3 Å². The molecule has 0 aliphatic carbocycles. The molecule has 2 aromatic rings. The Bertz CT molecular complexity index is 1730. The number of phenolic OH excluding ortho intramolecular Hbond substituents is 1. The summed E-state index contributed by atoms with van der Waals surface area (Å²) in [7, 11) is 1.94. The molecule has 0 saturated carbocycles. The van der Waals surface area contributed by atoms with E-state index in [9.17, 15) is 34.2 Å². The molecule has 0 spiro atoms. The van der Waals surface area contributed by atoms with E-state index in [1.54, 1.807) is 24.4 Å². The number of ether oxygens (including phenoxy) is 1. The van der Waals surface area contributed by atoms with Crippen molar-refractivity contribution in [3.8, 4) is 5.75 Å². The van der Waals surface area contributed by atoms with E-state index in [1.807, 2.05) is 39.6 Å². The predicted molar refractivity (Wildman–Crippen MR) is 250 cm³/mol. The van der Waals surface area contributed by atoms with E-state index in [-0.39, 0.29) is 60.6 Å². The van der Waals surface area contributed by atoms with Crippen molar-refractivity contribution in [1.29, 1.82) is 0 Å². The topological polar surface area (TPSA) is 200 Å². The van der Waals surface area contributed by atoms with Crippen LogP contribution in [0.1, 0.15) is 166 Å². The van der Waals surface area contributed by atoms with Gasteiger partial charge in [0.2, 0.25) is 5.91 Å². The average molecular weight is 915 g/mol. The molecule has 7 atom stereocenters. The number of aliphatic carboxylic acids is 1. The number of carboxylic acid groups (broad SMARTS) is 1. The molecule has 0 radical (unpaired) electrons. The molecule has 360 valence electrons. The van der Waals surface area contributed by atoms with Crippen LogP contribution in [0.5, 0.6) is 5.75 Å². The number of nitrogens with one attached hydrogen (secondary N) is 3. The summed E-state index contributed by atoms with van der Waals surface area (Å²) < 4.78 is 6.15. The van der Waals surface area contributed by atoms with Gasteiger partial charge in [-0.05, 0) is 81.6 Å². The molecule has 1 aliphatic heterocycles. The first-order chi connectivity index (χ1) is 30.6. The summed E-state index contributed by atoms with van der Waals surface area (Å²) in [5, 5.41) is 31.8. The van der Waals surface area contributed by atoms with Crippen LogP contribution in [0.4, 0.5) is 4.79 Å². The second-order valence-corrected chi connectivity index (χ2v) is 18.8. The third-order valence-corrected chi connectivity index (χ3v) is 13.2. The molecule has 0 unspecified atom stereocenters. The van der Waals surface area contributed by atoms with E-state index in [0.717, 1.165) is 87.7 Å². The number of benzene rings is 1. The molecular weight excluding hydrogens is 837 g/mol. The maximum atomic E-state index is 15.0. The van der Waals surface area contributed by atoms with E-state index in [1.165, 1.54) is 17.2 Å². The number of thiazole rings is 1. The number of carbonyl (C=O) groups is 5. The van der Waals surface area contributed by atoms with Crippen LogP contribution in [0.15, 0.2) is 29.6 Å². The number of aromatic nitrogens is 1. The Labute approximate surface area is 385 Å². The Kier molecular flexibility index (Phi) is 24.1. The monoisotopic (exact) mass is 915 g/mol. The number of hydrogen-bond donors (Lipinski definition) is 5. The molecule has 15 nitrogen and oxygen atoms in total.